The highest BCUT2D eigenvalue weighted by atomic mass is 32.2. The topological polar surface area (TPSA) is 80.5 Å². The van der Waals surface area contributed by atoms with Crippen LogP contribution in [0.25, 0.3) is 0 Å². The van der Waals surface area contributed by atoms with Crippen molar-refractivity contribution in [2.75, 3.05) is 30.3 Å². The summed E-state index contributed by atoms with van der Waals surface area (Å²) in [6.07, 6.45) is 0. The van der Waals surface area contributed by atoms with Gasteiger partial charge in [0, 0.05) is 36.3 Å². The highest BCUT2D eigenvalue weighted by molar-refractivity contribution is 8.01. The molecule has 2 atom stereocenters. The van der Waals surface area contributed by atoms with Gasteiger partial charge in [0.2, 0.25) is 5.91 Å². The fourth-order valence-corrected chi connectivity index (χ4v) is 4.68. The van der Waals surface area contributed by atoms with E-state index < -0.39 is 15.2 Å². The Hall–Kier alpha value is -0.270. The lowest BCUT2D eigenvalue weighted by Crippen LogP contribution is -2.52. The van der Waals surface area contributed by atoms with Gasteiger partial charge in [0.25, 0.3) is 0 Å². The van der Waals surface area contributed by atoms with Crippen LogP contribution >= 0.6 is 11.8 Å². The number of nitrogens with two attached hydrogens (primary N) is 1. The van der Waals surface area contributed by atoms with Gasteiger partial charge in [-0.1, -0.05) is 13.8 Å². The van der Waals surface area contributed by atoms with E-state index in [1.165, 1.54) is 4.90 Å². The first-order valence-corrected chi connectivity index (χ1v) is 8.61. The minimum absolute atomic E-state index is 0.0685. The Kier molecular flexibility index (Phi) is 5.27. The predicted octanol–water partition coefficient (Wildman–Crippen LogP) is -0.0826. The summed E-state index contributed by atoms with van der Waals surface area (Å²) in [5.74, 6) is 0.874. The molecule has 1 heterocycles. The lowest BCUT2D eigenvalue weighted by atomic mass is 10.1. The van der Waals surface area contributed by atoms with Crippen LogP contribution in [0.4, 0.5) is 0 Å². The number of carbonyl (C=O) groups excluding carboxylic acids is 1. The number of sulfone groups is 1. The van der Waals surface area contributed by atoms with Crippen LogP contribution in [0.2, 0.25) is 0 Å². The summed E-state index contributed by atoms with van der Waals surface area (Å²) >= 11 is 1.58. The molecule has 0 aromatic carbocycles. The second-order valence-electron chi connectivity index (χ2n) is 4.15. The van der Waals surface area contributed by atoms with E-state index in [9.17, 15) is 13.2 Å². The lowest BCUT2D eigenvalue weighted by molar-refractivity contribution is -0.135. The van der Waals surface area contributed by atoms with Crippen molar-refractivity contribution in [3.63, 3.8) is 0 Å². The second-order valence-corrected chi connectivity index (χ2v) is 7.75. The van der Waals surface area contributed by atoms with Crippen LogP contribution in [0, 0.1) is 5.92 Å². The van der Waals surface area contributed by atoms with E-state index in [2.05, 4.69) is 0 Å². The van der Waals surface area contributed by atoms with E-state index in [1.807, 2.05) is 0 Å². The molecule has 1 aliphatic rings. The molecule has 2 unspecified atom stereocenters. The summed E-state index contributed by atoms with van der Waals surface area (Å²) in [4.78, 5) is 13.6. The Labute approximate surface area is 107 Å². The van der Waals surface area contributed by atoms with E-state index in [0.717, 1.165) is 5.75 Å². The van der Waals surface area contributed by atoms with Gasteiger partial charge in [-0.2, -0.15) is 11.8 Å². The molecule has 7 heteroatoms. The van der Waals surface area contributed by atoms with Crippen molar-refractivity contribution in [3.8, 4) is 0 Å². The van der Waals surface area contributed by atoms with Crippen LogP contribution in [-0.2, 0) is 14.6 Å². The Morgan fingerprint density at radius 3 is 2.76 bits per heavy atom. The maximum absolute atomic E-state index is 12.1. The van der Waals surface area contributed by atoms with Gasteiger partial charge in [0.05, 0.1) is 0 Å². The first-order chi connectivity index (χ1) is 7.94. The summed E-state index contributed by atoms with van der Waals surface area (Å²) in [6, 6.07) is 0. The molecule has 1 amide bonds. The maximum Gasteiger partial charge on any atom is 0.227 e. The largest absolute Gasteiger partial charge is 0.330 e. The fraction of sp³-hybridized carbons (Fsp3) is 0.900. The first kappa shape index (κ1) is 14.8. The predicted molar refractivity (Wildman–Crippen MR) is 70.5 cm³/mol. The molecule has 2 N–H and O–H groups in total. The summed E-state index contributed by atoms with van der Waals surface area (Å²) in [6.45, 7) is 4.10. The van der Waals surface area contributed by atoms with Crippen LogP contribution in [0.3, 0.4) is 0 Å². The standard InChI is InChI=1S/C10H20N2O3S2/c1-3-17(14,15)9-7-16-5-4-12(9)10(13)8(2)6-11/h8-9H,3-7,11H2,1-2H3. The quantitative estimate of drug-likeness (QED) is 0.779. The van der Waals surface area contributed by atoms with Gasteiger partial charge in [-0.15, -0.1) is 0 Å². The molecule has 1 aliphatic heterocycles. The number of hydrogen-bond donors (Lipinski definition) is 1. The van der Waals surface area contributed by atoms with Gasteiger partial charge in [-0.3, -0.25) is 4.79 Å². The molecule has 0 aromatic heterocycles. The molecular weight excluding hydrogens is 260 g/mol. The lowest BCUT2D eigenvalue weighted by Gasteiger charge is -2.36. The number of amides is 1. The first-order valence-electron chi connectivity index (χ1n) is 5.74. The van der Waals surface area contributed by atoms with Gasteiger partial charge in [0.1, 0.15) is 5.37 Å². The van der Waals surface area contributed by atoms with E-state index >= 15 is 0 Å². The van der Waals surface area contributed by atoms with Gasteiger partial charge >= 0.3 is 0 Å². The highest BCUT2D eigenvalue weighted by Gasteiger charge is 2.36. The zero-order chi connectivity index (χ0) is 13.1. The smallest absolute Gasteiger partial charge is 0.227 e. The number of hydrogen-bond acceptors (Lipinski definition) is 5. The Morgan fingerprint density at radius 1 is 1.59 bits per heavy atom. The molecule has 1 fully saturated rings. The molecule has 0 radical (unpaired) electrons. The van der Waals surface area contributed by atoms with Crippen LogP contribution in [0.5, 0.6) is 0 Å². The van der Waals surface area contributed by atoms with Gasteiger partial charge in [0.15, 0.2) is 9.84 Å². The Balaban J connectivity index is 2.91. The van der Waals surface area contributed by atoms with Crippen molar-refractivity contribution in [2.45, 2.75) is 19.2 Å². The third kappa shape index (κ3) is 3.35. The van der Waals surface area contributed by atoms with E-state index in [0.29, 0.717) is 12.3 Å². The van der Waals surface area contributed by atoms with Gasteiger partial charge in [-0.05, 0) is 0 Å². The third-order valence-corrected chi connectivity index (χ3v) is 6.25. The Bertz CT molecular complexity index is 370. The van der Waals surface area contributed by atoms with Crippen molar-refractivity contribution >= 4 is 27.5 Å². The number of thioether (sulfide) groups is 1. The van der Waals surface area contributed by atoms with Crippen LogP contribution < -0.4 is 5.73 Å². The van der Waals surface area contributed by atoms with Crippen molar-refractivity contribution in [3.05, 3.63) is 0 Å². The Morgan fingerprint density at radius 2 is 2.24 bits per heavy atom. The maximum atomic E-state index is 12.1. The van der Waals surface area contributed by atoms with Crippen LogP contribution in [0.15, 0.2) is 0 Å². The number of carbonyl (C=O) groups is 1. The number of nitrogens with zero attached hydrogens (tertiary/aromatic N) is 1. The molecule has 0 aromatic rings. The zero-order valence-corrected chi connectivity index (χ0v) is 11.9. The highest BCUT2D eigenvalue weighted by Crippen LogP contribution is 2.22. The van der Waals surface area contributed by atoms with Crippen molar-refractivity contribution < 1.29 is 13.2 Å². The summed E-state index contributed by atoms with van der Waals surface area (Å²) in [5.41, 5.74) is 5.46. The second kappa shape index (κ2) is 6.06. The summed E-state index contributed by atoms with van der Waals surface area (Å²) in [5, 5.41) is -0.673. The molecule has 100 valence electrons. The van der Waals surface area contributed by atoms with Crippen molar-refractivity contribution in [2.24, 2.45) is 11.7 Å². The summed E-state index contributed by atoms with van der Waals surface area (Å²) in [7, 11) is -3.21. The molecule has 0 saturated carbocycles. The minimum atomic E-state index is -3.21. The minimum Gasteiger partial charge on any atom is -0.330 e. The van der Waals surface area contributed by atoms with E-state index in [1.54, 1.807) is 25.6 Å². The molecule has 0 aliphatic carbocycles. The van der Waals surface area contributed by atoms with E-state index in [-0.39, 0.29) is 24.1 Å². The van der Waals surface area contributed by atoms with E-state index in [4.69, 9.17) is 5.73 Å². The van der Waals surface area contributed by atoms with Gasteiger partial charge < -0.3 is 10.6 Å². The molecule has 1 rings (SSSR count). The molecule has 17 heavy (non-hydrogen) atoms. The van der Waals surface area contributed by atoms with Crippen molar-refractivity contribution in [1.82, 2.24) is 4.90 Å². The van der Waals surface area contributed by atoms with Crippen molar-refractivity contribution in [1.29, 1.82) is 0 Å². The molecule has 5 nitrogen and oxygen atoms in total. The van der Waals surface area contributed by atoms with Crippen LogP contribution in [0.1, 0.15) is 13.8 Å². The fourth-order valence-electron chi connectivity index (χ4n) is 1.71. The van der Waals surface area contributed by atoms with Crippen LogP contribution in [-0.4, -0.2) is 54.9 Å². The third-order valence-electron chi connectivity index (χ3n) is 2.96. The SMILES string of the molecule is CCS(=O)(=O)C1CSCCN1C(=O)C(C)CN. The zero-order valence-electron chi connectivity index (χ0n) is 10.3. The monoisotopic (exact) mass is 280 g/mol. The van der Waals surface area contributed by atoms with Gasteiger partial charge in [-0.25, -0.2) is 8.42 Å². The molecular formula is C10H20N2O3S2. The number of rotatable bonds is 4. The molecule has 1 saturated heterocycles. The average molecular weight is 280 g/mol. The molecule has 0 spiro atoms. The molecule has 0 bridgehead atoms. The normalized spacial score (nSPS) is 23.5. The average Bonchev–Trinajstić information content (AvgIpc) is 2.36. The summed E-state index contributed by atoms with van der Waals surface area (Å²) < 4.78 is 23.9.